The molecule has 0 saturated heterocycles. The van der Waals surface area contributed by atoms with Gasteiger partial charge in [-0.15, -0.1) is 0 Å². The average molecular weight is 604 g/mol. The predicted molar refractivity (Wildman–Crippen MR) is 171 cm³/mol. The summed E-state index contributed by atoms with van der Waals surface area (Å²) < 4.78 is 22.5. The number of amides is 2. The summed E-state index contributed by atoms with van der Waals surface area (Å²) in [6, 6.07) is 19.1. The topological polar surface area (TPSA) is 89.6 Å². The first-order valence-corrected chi connectivity index (χ1v) is 15.1. The summed E-state index contributed by atoms with van der Waals surface area (Å²) >= 11 is 0. The monoisotopic (exact) mass is 603 g/mol. The second-order valence-corrected chi connectivity index (χ2v) is 10.9. The van der Waals surface area contributed by atoms with Crippen molar-refractivity contribution in [3.8, 4) is 23.0 Å². The van der Waals surface area contributed by atoms with Crippen molar-refractivity contribution >= 4 is 11.8 Å². The van der Waals surface area contributed by atoms with Crippen LogP contribution in [0.5, 0.6) is 23.0 Å². The Morgan fingerprint density at radius 3 is 2.23 bits per heavy atom. The van der Waals surface area contributed by atoms with Crippen LogP contribution in [0.3, 0.4) is 0 Å². The van der Waals surface area contributed by atoms with Crippen LogP contribution in [0, 0.1) is 0 Å². The predicted octanol–water partition coefficient (Wildman–Crippen LogP) is 4.98. The molecule has 3 aromatic carbocycles. The molecule has 236 valence electrons. The molecule has 2 amide bonds. The van der Waals surface area contributed by atoms with Crippen LogP contribution in [0.15, 0.2) is 60.7 Å². The molecule has 0 bridgehead atoms. The zero-order valence-corrected chi connectivity index (χ0v) is 26.7. The number of nitrogens with one attached hydrogen (secondary N) is 1. The molecular formula is C35H45N3O6. The first kappa shape index (κ1) is 32.7. The van der Waals surface area contributed by atoms with Gasteiger partial charge in [-0.25, -0.2) is 0 Å². The minimum atomic E-state index is -0.584. The van der Waals surface area contributed by atoms with Crippen LogP contribution >= 0.6 is 0 Å². The van der Waals surface area contributed by atoms with E-state index in [1.807, 2.05) is 55.5 Å². The van der Waals surface area contributed by atoms with E-state index < -0.39 is 6.04 Å². The van der Waals surface area contributed by atoms with Gasteiger partial charge >= 0.3 is 0 Å². The van der Waals surface area contributed by atoms with Gasteiger partial charge in [0.05, 0.1) is 28.4 Å². The average Bonchev–Trinajstić information content (AvgIpc) is 3.22. The van der Waals surface area contributed by atoms with Crippen molar-refractivity contribution in [2.75, 3.05) is 55.1 Å². The Balaban J connectivity index is 1.79. The van der Waals surface area contributed by atoms with Crippen LogP contribution in [-0.4, -0.2) is 76.7 Å². The molecule has 3 aromatic rings. The zero-order valence-electron chi connectivity index (χ0n) is 26.7. The normalized spacial score (nSPS) is 15.4. The SMILES string of the molecule is CCN(C)C(=O)CCNC(=O)C(c1ccccc1)N1CCCc2cc(OC)c(OC)cc2C1Cc1ccc(OC)c(OC)c1. The number of benzene rings is 3. The summed E-state index contributed by atoms with van der Waals surface area (Å²) in [4.78, 5) is 30.6. The van der Waals surface area contributed by atoms with Crippen molar-refractivity contribution in [3.05, 3.63) is 82.9 Å². The van der Waals surface area contributed by atoms with E-state index in [0.717, 1.165) is 35.1 Å². The van der Waals surface area contributed by atoms with Crippen molar-refractivity contribution in [2.24, 2.45) is 0 Å². The lowest BCUT2D eigenvalue weighted by atomic mass is 9.91. The lowest BCUT2D eigenvalue weighted by Gasteiger charge is -2.37. The van der Waals surface area contributed by atoms with E-state index in [0.29, 0.717) is 42.5 Å². The summed E-state index contributed by atoms with van der Waals surface area (Å²) in [6.45, 7) is 3.50. The smallest absolute Gasteiger partial charge is 0.241 e. The second-order valence-electron chi connectivity index (χ2n) is 10.9. The fourth-order valence-corrected chi connectivity index (χ4v) is 5.90. The molecule has 0 aliphatic carbocycles. The molecule has 2 unspecified atom stereocenters. The molecule has 0 spiro atoms. The maximum atomic E-state index is 14.1. The molecule has 0 fully saturated rings. The van der Waals surface area contributed by atoms with E-state index in [-0.39, 0.29) is 30.8 Å². The summed E-state index contributed by atoms with van der Waals surface area (Å²) in [7, 11) is 8.31. The largest absolute Gasteiger partial charge is 0.493 e. The molecule has 0 aromatic heterocycles. The molecule has 9 nitrogen and oxygen atoms in total. The molecule has 0 saturated carbocycles. The van der Waals surface area contributed by atoms with Gasteiger partial charge in [0.1, 0.15) is 6.04 Å². The quantitative estimate of drug-likeness (QED) is 0.295. The van der Waals surface area contributed by atoms with Gasteiger partial charge in [0.15, 0.2) is 23.0 Å². The van der Waals surface area contributed by atoms with E-state index >= 15 is 0 Å². The van der Waals surface area contributed by atoms with Gasteiger partial charge in [0, 0.05) is 39.1 Å². The van der Waals surface area contributed by atoms with Gasteiger partial charge in [-0.2, -0.15) is 0 Å². The molecule has 1 aliphatic heterocycles. The second kappa shape index (κ2) is 15.5. The highest BCUT2D eigenvalue weighted by molar-refractivity contribution is 5.84. The number of ether oxygens (including phenoxy) is 4. The highest BCUT2D eigenvalue weighted by atomic mass is 16.5. The van der Waals surface area contributed by atoms with Crippen molar-refractivity contribution < 1.29 is 28.5 Å². The van der Waals surface area contributed by atoms with Crippen LogP contribution in [-0.2, 0) is 22.4 Å². The molecule has 2 atom stereocenters. The van der Waals surface area contributed by atoms with Crippen LogP contribution < -0.4 is 24.3 Å². The number of carbonyl (C=O) groups is 2. The third kappa shape index (κ3) is 7.45. The number of fused-ring (bicyclic) bond motifs is 1. The lowest BCUT2D eigenvalue weighted by Crippen LogP contribution is -2.44. The Morgan fingerprint density at radius 2 is 1.57 bits per heavy atom. The van der Waals surface area contributed by atoms with E-state index in [9.17, 15) is 9.59 Å². The third-order valence-electron chi connectivity index (χ3n) is 8.38. The maximum absolute atomic E-state index is 14.1. The summed E-state index contributed by atoms with van der Waals surface area (Å²) in [5.41, 5.74) is 4.18. The molecule has 1 aliphatic rings. The summed E-state index contributed by atoms with van der Waals surface area (Å²) in [5.74, 6) is 2.50. The summed E-state index contributed by atoms with van der Waals surface area (Å²) in [6.07, 6.45) is 2.53. The zero-order chi connectivity index (χ0) is 31.6. The van der Waals surface area contributed by atoms with Crippen LogP contribution in [0.4, 0.5) is 0 Å². The number of aryl methyl sites for hydroxylation is 1. The molecule has 4 rings (SSSR count). The molecule has 1 N–H and O–H groups in total. The fourth-order valence-electron chi connectivity index (χ4n) is 5.90. The van der Waals surface area contributed by atoms with Gasteiger partial charge in [0.25, 0.3) is 0 Å². The number of methoxy groups -OCH3 is 4. The Hall–Kier alpha value is -4.24. The Labute approximate surface area is 261 Å². The number of nitrogens with zero attached hydrogens (tertiary/aromatic N) is 2. The fraction of sp³-hybridized carbons (Fsp3) is 0.429. The Morgan fingerprint density at radius 1 is 0.909 bits per heavy atom. The van der Waals surface area contributed by atoms with Gasteiger partial charge < -0.3 is 29.2 Å². The number of hydrogen-bond donors (Lipinski definition) is 1. The molecule has 9 heteroatoms. The van der Waals surface area contributed by atoms with Crippen molar-refractivity contribution in [1.29, 1.82) is 0 Å². The van der Waals surface area contributed by atoms with Crippen molar-refractivity contribution in [3.63, 3.8) is 0 Å². The highest BCUT2D eigenvalue weighted by Crippen LogP contribution is 2.42. The van der Waals surface area contributed by atoms with Crippen molar-refractivity contribution in [2.45, 2.75) is 44.7 Å². The number of carbonyl (C=O) groups excluding carboxylic acids is 2. The van der Waals surface area contributed by atoms with E-state index in [1.54, 1.807) is 40.4 Å². The van der Waals surface area contributed by atoms with E-state index in [1.165, 1.54) is 0 Å². The minimum Gasteiger partial charge on any atom is -0.493 e. The van der Waals surface area contributed by atoms with E-state index in [4.69, 9.17) is 18.9 Å². The van der Waals surface area contributed by atoms with E-state index in [2.05, 4.69) is 22.3 Å². The maximum Gasteiger partial charge on any atom is 0.241 e. The highest BCUT2D eigenvalue weighted by Gasteiger charge is 2.36. The van der Waals surface area contributed by atoms with Gasteiger partial charge in [0.2, 0.25) is 11.8 Å². The third-order valence-corrected chi connectivity index (χ3v) is 8.38. The van der Waals surface area contributed by atoms with Crippen LogP contribution in [0.1, 0.15) is 54.1 Å². The first-order valence-electron chi connectivity index (χ1n) is 15.1. The minimum absolute atomic E-state index is 0.000123. The molecule has 0 radical (unpaired) electrons. The summed E-state index contributed by atoms with van der Waals surface area (Å²) in [5, 5.41) is 3.08. The van der Waals surface area contributed by atoms with Crippen LogP contribution in [0.25, 0.3) is 0 Å². The number of hydrogen-bond acceptors (Lipinski definition) is 7. The Kier molecular flexibility index (Phi) is 11.5. The lowest BCUT2D eigenvalue weighted by molar-refractivity contribution is -0.130. The number of rotatable bonds is 13. The molecule has 44 heavy (non-hydrogen) atoms. The van der Waals surface area contributed by atoms with Gasteiger partial charge in [-0.3, -0.25) is 14.5 Å². The van der Waals surface area contributed by atoms with Gasteiger partial charge in [-0.05, 0) is 72.7 Å². The molecule has 1 heterocycles. The van der Waals surface area contributed by atoms with Crippen molar-refractivity contribution in [1.82, 2.24) is 15.1 Å². The van der Waals surface area contributed by atoms with Gasteiger partial charge in [-0.1, -0.05) is 36.4 Å². The first-order chi connectivity index (χ1) is 21.3. The standard InChI is InChI=1S/C35H45N3O6/c1-7-37(2)33(39)17-18-36-35(40)34(25-12-9-8-10-13-25)38-19-11-14-26-22-31(43-5)32(44-6)23-27(26)28(38)20-24-15-16-29(41-3)30(21-24)42-4/h8-10,12-13,15-16,21-23,28,34H,7,11,14,17-20H2,1-6H3,(H,36,40). The van der Waals surface area contributed by atoms with Crippen LogP contribution in [0.2, 0.25) is 0 Å². The Bertz CT molecular complexity index is 1410. The molecular weight excluding hydrogens is 558 g/mol.